The van der Waals surface area contributed by atoms with E-state index in [1.165, 1.54) is 26.2 Å². The molecule has 0 aliphatic carbocycles. The smallest absolute Gasteiger partial charge is 0.332 e. The minimum absolute atomic E-state index is 0.0457. The van der Waals surface area contributed by atoms with Crippen LogP contribution in [0.15, 0.2) is 17.0 Å². The fraction of sp³-hybridized carbons (Fsp3) is 0.524. The van der Waals surface area contributed by atoms with Crippen LogP contribution >= 0.6 is 0 Å². The number of hydrogen-bond acceptors (Lipinski definition) is 9. The van der Waals surface area contributed by atoms with Gasteiger partial charge in [0.15, 0.2) is 0 Å². The van der Waals surface area contributed by atoms with Crippen LogP contribution in [0.1, 0.15) is 55.5 Å². The number of hydroxylamine groups is 1. The van der Waals surface area contributed by atoms with E-state index in [1.54, 1.807) is 12.4 Å². The van der Waals surface area contributed by atoms with E-state index < -0.39 is 27.9 Å². The highest BCUT2D eigenvalue weighted by Crippen LogP contribution is 2.27. The Bertz CT molecular complexity index is 1020. The number of nitrogens with one attached hydrogen (secondary N) is 2. The lowest BCUT2D eigenvalue weighted by atomic mass is 10.1. The number of benzene rings is 1. The molecular formula is C21H32N4O9S. The number of aryl methyl sites for hydroxylation is 1. The summed E-state index contributed by atoms with van der Waals surface area (Å²) in [6.07, 6.45) is 1.28. The summed E-state index contributed by atoms with van der Waals surface area (Å²) >= 11 is 0. The quantitative estimate of drug-likeness (QED) is 0.348. The highest BCUT2D eigenvalue weighted by atomic mass is 32.2. The van der Waals surface area contributed by atoms with Crippen LogP contribution < -0.4 is 20.7 Å². The van der Waals surface area contributed by atoms with Gasteiger partial charge in [0.05, 0.1) is 36.6 Å². The Morgan fingerprint density at radius 1 is 1.23 bits per heavy atom. The average molecular weight is 517 g/mol. The molecule has 1 aliphatic rings. The number of rotatable bonds is 8. The second-order valence-electron chi connectivity index (χ2n) is 7.65. The van der Waals surface area contributed by atoms with Gasteiger partial charge in [-0.1, -0.05) is 6.92 Å². The number of carboxylic acid groups (broad SMARTS) is 1. The SMILES string of the molecule is CC(=O)NOC(=O)CCC(=O)O.CCN1CCCC1NC(=O)c1cc(S(N)(=O)=O)cc(C)c1OC. The second-order valence-corrected chi connectivity index (χ2v) is 9.21. The number of methoxy groups -OCH3 is 1. The minimum atomic E-state index is -3.89. The summed E-state index contributed by atoms with van der Waals surface area (Å²) in [4.78, 5) is 49.5. The third-order valence-corrected chi connectivity index (χ3v) is 5.84. The maximum absolute atomic E-state index is 12.6. The van der Waals surface area contributed by atoms with E-state index in [0.717, 1.165) is 25.9 Å². The summed E-state index contributed by atoms with van der Waals surface area (Å²) in [5, 5.41) is 16.3. The largest absolute Gasteiger partial charge is 0.496 e. The van der Waals surface area contributed by atoms with E-state index >= 15 is 0 Å². The molecule has 1 unspecified atom stereocenters. The van der Waals surface area contributed by atoms with E-state index in [9.17, 15) is 27.6 Å². The summed E-state index contributed by atoms with van der Waals surface area (Å²) in [5.74, 6) is -2.38. The number of sulfonamides is 1. The number of nitrogens with zero attached hydrogens (tertiary/aromatic N) is 1. The van der Waals surface area contributed by atoms with Crippen molar-refractivity contribution < 1.29 is 42.3 Å². The zero-order chi connectivity index (χ0) is 26.8. The Morgan fingerprint density at radius 2 is 1.89 bits per heavy atom. The molecule has 0 aromatic heterocycles. The maximum Gasteiger partial charge on any atom is 0.332 e. The van der Waals surface area contributed by atoms with Gasteiger partial charge in [-0.25, -0.2) is 18.4 Å². The first-order valence-electron chi connectivity index (χ1n) is 10.7. The van der Waals surface area contributed by atoms with Gasteiger partial charge in [-0.15, -0.1) is 0 Å². The summed E-state index contributed by atoms with van der Waals surface area (Å²) in [5.41, 5.74) is 2.51. The van der Waals surface area contributed by atoms with Gasteiger partial charge in [0.25, 0.3) is 5.91 Å². The fourth-order valence-electron chi connectivity index (χ4n) is 3.33. The van der Waals surface area contributed by atoms with Crippen molar-refractivity contribution in [2.45, 2.75) is 57.5 Å². The van der Waals surface area contributed by atoms with E-state index in [4.69, 9.17) is 15.0 Å². The Kier molecular flexibility index (Phi) is 11.6. The van der Waals surface area contributed by atoms with Gasteiger partial charge in [-0.2, -0.15) is 5.48 Å². The maximum atomic E-state index is 12.6. The van der Waals surface area contributed by atoms with Crippen molar-refractivity contribution >= 4 is 33.8 Å². The zero-order valence-corrected chi connectivity index (χ0v) is 20.9. The van der Waals surface area contributed by atoms with Gasteiger partial charge >= 0.3 is 11.9 Å². The number of carbonyl (C=O) groups is 4. The molecule has 1 saturated heterocycles. The molecule has 196 valence electrons. The summed E-state index contributed by atoms with van der Waals surface area (Å²) < 4.78 is 28.5. The molecule has 2 rings (SSSR count). The number of carbonyl (C=O) groups excluding carboxylic acids is 3. The number of primary sulfonamides is 1. The monoisotopic (exact) mass is 516 g/mol. The molecule has 13 nitrogen and oxygen atoms in total. The molecule has 35 heavy (non-hydrogen) atoms. The molecule has 0 spiro atoms. The summed E-state index contributed by atoms with van der Waals surface area (Å²) in [6, 6.07) is 2.67. The van der Waals surface area contributed by atoms with Gasteiger partial charge < -0.3 is 20.0 Å². The molecule has 5 N–H and O–H groups in total. The van der Waals surface area contributed by atoms with E-state index in [2.05, 4.69) is 15.1 Å². The first-order chi connectivity index (χ1) is 16.3. The van der Waals surface area contributed by atoms with Crippen LogP contribution in [0.25, 0.3) is 0 Å². The lowest BCUT2D eigenvalue weighted by molar-refractivity contribution is -0.158. The minimum Gasteiger partial charge on any atom is -0.496 e. The predicted molar refractivity (Wildman–Crippen MR) is 124 cm³/mol. The molecule has 1 aromatic rings. The van der Waals surface area contributed by atoms with Gasteiger partial charge in [0.1, 0.15) is 5.75 Å². The average Bonchev–Trinajstić information content (AvgIpc) is 3.22. The van der Waals surface area contributed by atoms with Gasteiger partial charge in [-0.3, -0.25) is 19.3 Å². The van der Waals surface area contributed by atoms with Crippen LogP contribution in [-0.2, 0) is 29.2 Å². The standard InChI is InChI=1S/C15H23N3O4S.C6H9NO5/c1-4-18-7-5-6-13(18)17-15(19)12-9-11(23(16,20)21)8-10(2)14(12)22-3;1-4(8)7-12-6(11)3-2-5(9)10/h8-9,13H,4-7H2,1-3H3,(H,17,19)(H2,16,20,21);2-3H2,1H3,(H,7,8)(H,9,10). The number of likely N-dealkylation sites (tertiary alicyclic amines) is 1. The molecule has 0 bridgehead atoms. The van der Waals surface area contributed by atoms with Crippen LogP contribution in [0, 0.1) is 6.92 Å². The van der Waals surface area contributed by atoms with Crippen LogP contribution in [0.3, 0.4) is 0 Å². The normalized spacial score (nSPS) is 15.4. The first-order valence-corrected chi connectivity index (χ1v) is 12.3. The van der Waals surface area contributed by atoms with E-state index in [-0.39, 0.29) is 35.4 Å². The lowest BCUT2D eigenvalue weighted by Crippen LogP contribution is -2.44. The van der Waals surface area contributed by atoms with Gasteiger partial charge in [-0.05, 0) is 44.0 Å². The topological polar surface area (TPSA) is 194 Å². The third kappa shape index (κ3) is 9.88. The molecular weight excluding hydrogens is 484 g/mol. The summed E-state index contributed by atoms with van der Waals surface area (Å²) in [7, 11) is -2.45. The van der Waals surface area contributed by atoms with Gasteiger partial charge in [0.2, 0.25) is 15.9 Å². The highest BCUT2D eigenvalue weighted by Gasteiger charge is 2.27. The van der Waals surface area contributed by atoms with Crippen LogP contribution in [0.2, 0.25) is 0 Å². The first kappa shape index (κ1) is 29.8. The van der Waals surface area contributed by atoms with Crippen molar-refractivity contribution in [1.29, 1.82) is 0 Å². The Balaban J connectivity index is 0.000000434. The molecule has 14 heteroatoms. The molecule has 1 fully saturated rings. The Morgan fingerprint density at radius 3 is 2.40 bits per heavy atom. The third-order valence-electron chi connectivity index (χ3n) is 4.94. The van der Waals surface area contributed by atoms with Gasteiger partial charge in [0, 0.05) is 13.5 Å². The molecule has 1 aromatic carbocycles. The molecule has 2 amide bonds. The summed E-state index contributed by atoms with van der Waals surface area (Å²) in [6.45, 7) is 6.67. The van der Waals surface area contributed by atoms with Crippen molar-refractivity contribution in [3.8, 4) is 5.75 Å². The fourth-order valence-corrected chi connectivity index (χ4v) is 3.95. The van der Waals surface area contributed by atoms with E-state index in [0.29, 0.717) is 11.3 Å². The number of ether oxygens (including phenoxy) is 1. The number of aliphatic carboxylic acids is 1. The number of amides is 2. The number of hydrogen-bond donors (Lipinski definition) is 4. The van der Waals surface area contributed by atoms with Crippen LogP contribution in [0.4, 0.5) is 0 Å². The number of nitrogens with two attached hydrogens (primary N) is 1. The Hall–Kier alpha value is -3.23. The Labute approximate surface area is 203 Å². The van der Waals surface area contributed by atoms with Crippen molar-refractivity contribution in [2.24, 2.45) is 5.14 Å². The van der Waals surface area contributed by atoms with Crippen LogP contribution in [-0.4, -0.2) is 68.5 Å². The molecule has 1 atom stereocenters. The second kappa shape index (κ2) is 13.6. The van der Waals surface area contributed by atoms with Crippen LogP contribution in [0.5, 0.6) is 5.75 Å². The predicted octanol–water partition coefficient (Wildman–Crippen LogP) is 0.268. The molecule has 1 aliphatic heterocycles. The van der Waals surface area contributed by atoms with E-state index in [1.807, 2.05) is 6.92 Å². The van der Waals surface area contributed by atoms with Crippen molar-refractivity contribution in [1.82, 2.24) is 15.7 Å². The van der Waals surface area contributed by atoms with Crippen molar-refractivity contribution in [3.05, 3.63) is 23.3 Å². The number of carboxylic acids is 1. The molecule has 0 radical (unpaired) electrons. The molecule has 0 saturated carbocycles. The van der Waals surface area contributed by atoms with Crippen molar-refractivity contribution in [2.75, 3.05) is 20.2 Å². The highest BCUT2D eigenvalue weighted by molar-refractivity contribution is 7.89. The molecule has 1 heterocycles. The zero-order valence-electron chi connectivity index (χ0n) is 20.1. The van der Waals surface area contributed by atoms with Crippen molar-refractivity contribution in [3.63, 3.8) is 0 Å². The lowest BCUT2D eigenvalue weighted by Gasteiger charge is -2.24.